The molecule has 1 aliphatic rings. The van der Waals surface area contributed by atoms with Crippen LogP contribution in [0.25, 0.3) is 0 Å². The van der Waals surface area contributed by atoms with Crippen molar-refractivity contribution in [1.29, 1.82) is 0 Å². The van der Waals surface area contributed by atoms with Gasteiger partial charge in [0.2, 0.25) is 11.8 Å². The summed E-state index contributed by atoms with van der Waals surface area (Å²) in [7, 11) is 3.12. The van der Waals surface area contributed by atoms with E-state index in [1.54, 1.807) is 31.3 Å². The minimum atomic E-state index is -0.157. The lowest BCUT2D eigenvalue weighted by atomic mass is 10.2. The van der Waals surface area contributed by atoms with Gasteiger partial charge in [0.05, 0.1) is 20.3 Å². The molecule has 0 unspecified atom stereocenters. The van der Waals surface area contributed by atoms with Gasteiger partial charge in [-0.15, -0.1) is 0 Å². The van der Waals surface area contributed by atoms with Crippen LogP contribution >= 0.6 is 0 Å². The smallest absolute Gasteiger partial charge is 0.229 e. The fourth-order valence-electron chi connectivity index (χ4n) is 2.41. The van der Waals surface area contributed by atoms with Crippen molar-refractivity contribution in [1.82, 2.24) is 5.32 Å². The van der Waals surface area contributed by atoms with Crippen molar-refractivity contribution in [3.05, 3.63) is 18.2 Å². The first kappa shape index (κ1) is 16.1. The summed E-state index contributed by atoms with van der Waals surface area (Å²) in [5.41, 5.74) is 0.740. The van der Waals surface area contributed by atoms with Crippen molar-refractivity contribution in [2.75, 3.05) is 25.7 Å². The van der Waals surface area contributed by atoms with Crippen LogP contribution < -0.4 is 19.7 Å². The highest BCUT2D eigenvalue weighted by Gasteiger charge is 2.32. The molecule has 1 heterocycles. The SMILES string of the molecule is COc1ccc(N2C[C@@H](NC(=O)C(C)C)CC2=O)cc1OC. The lowest BCUT2D eigenvalue weighted by Gasteiger charge is -2.19. The standard InChI is InChI=1S/C16H22N2O4/c1-10(2)16(20)17-11-7-15(19)18(9-11)12-5-6-13(21-3)14(8-12)22-4/h5-6,8,10-11H,7,9H2,1-4H3,(H,17,20)/t11-/m0/s1. The Kier molecular flexibility index (Phi) is 4.90. The maximum atomic E-state index is 12.2. The molecule has 120 valence electrons. The molecule has 1 N–H and O–H groups in total. The van der Waals surface area contributed by atoms with Gasteiger partial charge in [-0.2, -0.15) is 0 Å². The monoisotopic (exact) mass is 306 g/mol. The molecule has 1 aromatic carbocycles. The molecule has 6 heteroatoms. The van der Waals surface area contributed by atoms with Crippen LogP contribution in [0, 0.1) is 5.92 Å². The molecule has 0 saturated carbocycles. The van der Waals surface area contributed by atoms with Crippen LogP contribution in [0.2, 0.25) is 0 Å². The summed E-state index contributed by atoms with van der Waals surface area (Å²) in [6.07, 6.45) is 0.312. The Labute approximate surface area is 130 Å². The zero-order chi connectivity index (χ0) is 16.3. The van der Waals surface area contributed by atoms with Crippen molar-refractivity contribution >= 4 is 17.5 Å². The third-order valence-electron chi connectivity index (χ3n) is 3.67. The Morgan fingerprint density at radius 3 is 2.55 bits per heavy atom. The topological polar surface area (TPSA) is 67.9 Å². The molecule has 1 aliphatic heterocycles. The van der Waals surface area contributed by atoms with E-state index in [0.717, 1.165) is 5.69 Å². The van der Waals surface area contributed by atoms with Gasteiger partial charge in [-0.05, 0) is 12.1 Å². The average molecular weight is 306 g/mol. The van der Waals surface area contributed by atoms with Crippen LogP contribution in [0.4, 0.5) is 5.69 Å². The summed E-state index contributed by atoms with van der Waals surface area (Å²) in [5.74, 6) is 1.04. The number of hydrogen-bond acceptors (Lipinski definition) is 4. The van der Waals surface area contributed by atoms with E-state index in [4.69, 9.17) is 9.47 Å². The fraction of sp³-hybridized carbons (Fsp3) is 0.500. The van der Waals surface area contributed by atoms with Crippen molar-refractivity contribution in [3.8, 4) is 11.5 Å². The molecule has 1 fully saturated rings. The van der Waals surface area contributed by atoms with E-state index in [1.807, 2.05) is 19.9 Å². The van der Waals surface area contributed by atoms with Crippen LogP contribution in [-0.2, 0) is 9.59 Å². The van der Waals surface area contributed by atoms with Gasteiger partial charge in [-0.1, -0.05) is 13.8 Å². The summed E-state index contributed by atoms with van der Waals surface area (Å²) >= 11 is 0. The highest BCUT2D eigenvalue weighted by molar-refractivity contribution is 5.97. The predicted octanol–water partition coefficient (Wildman–Crippen LogP) is 1.58. The highest BCUT2D eigenvalue weighted by Crippen LogP contribution is 2.33. The number of hydrogen-bond donors (Lipinski definition) is 1. The number of carbonyl (C=O) groups excluding carboxylic acids is 2. The van der Waals surface area contributed by atoms with E-state index in [-0.39, 0.29) is 23.8 Å². The second kappa shape index (κ2) is 6.68. The van der Waals surface area contributed by atoms with E-state index in [1.165, 1.54) is 0 Å². The van der Waals surface area contributed by atoms with Crippen LogP contribution in [0.3, 0.4) is 0 Å². The van der Waals surface area contributed by atoms with Gasteiger partial charge < -0.3 is 19.7 Å². The molecule has 1 aromatic rings. The number of nitrogens with one attached hydrogen (secondary N) is 1. The fourth-order valence-corrected chi connectivity index (χ4v) is 2.41. The number of rotatable bonds is 5. The van der Waals surface area contributed by atoms with Crippen LogP contribution in [0.5, 0.6) is 11.5 Å². The largest absolute Gasteiger partial charge is 0.493 e. The van der Waals surface area contributed by atoms with E-state index in [0.29, 0.717) is 24.5 Å². The number of methoxy groups -OCH3 is 2. The molecule has 1 atom stereocenters. The maximum absolute atomic E-state index is 12.2. The number of amides is 2. The van der Waals surface area contributed by atoms with E-state index < -0.39 is 0 Å². The van der Waals surface area contributed by atoms with Crippen molar-refractivity contribution in [3.63, 3.8) is 0 Å². The molecule has 2 rings (SSSR count). The molecule has 2 amide bonds. The second-order valence-electron chi connectivity index (χ2n) is 5.61. The number of nitrogens with zero attached hydrogens (tertiary/aromatic N) is 1. The Morgan fingerprint density at radius 1 is 1.27 bits per heavy atom. The molecule has 1 saturated heterocycles. The molecule has 0 aliphatic carbocycles. The van der Waals surface area contributed by atoms with Gasteiger partial charge in [0.25, 0.3) is 0 Å². The highest BCUT2D eigenvalue weighted by atomic mass is 16.5. The van der Waals surface area contributed by atoms with Gasteiger partial charge in [0.1, 0.15) is 0 Å². The van der Waals surface area contributed by atoms with Crippen LogP contribution in [0.1, 0.15) is 20.3 Å². The van der Waals surface area contributed by atoms with Crippen molar-refractivity contribution in [2.24, 2.45) is 5.92 Å². The Balaban J connectivity index is 2.13. The van der Waals surface area contributed by atoms with Gasteiger partial charge >= 0.3 is 0 Å². The van der Waals surface area contributed by atoms with Gasteiger partial charge in [0.15, 0.2) is 11.5 Å². The molecule has 0 bridgehead atoms. The first-order valence-electron chi connectivity index (χ1n) is 7.29. The van der Waals surface area contributed by atoms with Gasteiger partial charge in [-0.25, -0.2) is 0 Å². The Morgan fingerprint density at radius 2 is 1.95 bits per heavy atom. The normalized spacial score (nSPS) is 17.8. The van der Waals surface area contributed by atoms with Crippen LogP contribution in [0.15, 0.2) is 18.2 Å². The zero-order valence-electron chi connectivity index (χ0n) is 13.4. The summed E-state index contributed by atoms with van der Waals surface area (Å²) in [6.45, 7) is 4.13. The third-order valence-corrected chi connectivity index (χ3v) is 3.67. The number of ether oxygens (including phenoxy) is 2. The lowest BCUT2D eigenvalue weighted by molar-refractivity contribution is -0.124. The van der Waals surface area contributed by atoms with E-state index in [2.05, 4.69) is 5.32 Å². The van der Waals surface area contributed by atoms with E-state index in [9.17, 15) is 9.59 Å². The number of benzene rings is 1. The number of carbonyl (C=O) groups is 2. The Hall–Kier alpha value is -2.24. The Bertz CT molecular complexity index is 571. The summed E-state index contributed by atoms with van der Waals surface area (Å²) in [4.78, 5) is 25.6. The quantitative estimate of drug-likeness (QED) is 0.897. The average Bonchev–Trinajstić information content (AvgIpc) is 2.86. The molecular weight excluding hydrogens is 284 g/mol. The third kappa shape index (κ3) is 3.32. The molecule has 0 aromatic heterocycles. The first-order valence-corrected chi connectivity index (χ1v) is 7.29. The van der Waals surface area contributed by atoms with E-state index >= 15 is 0 Å². The van der Waals surface area contributed by atoms with Crippen molar-refractivity contribution < 1.29 is 19.1 Å². The molecule has 0 radical (unpaired) electrons. The van der Waals surface area contributed by atoms with Gasteiger partial charge in [0, 0.05) is 30.6 Å². The van der Waals surface area contributed by atoms with Crippen LogP contribution in [-0.4, -0.2) is 38.6 Å². The summed E-state index contributed by atoms with van der Waals surface area (Å²) < 4.78 is 10.5. The summed E-state index contributed by atoms with van der Waals surface area (Å²) in [5, 5.41) is 2.90. The predicted molar refractivity (Wildman–Crippen MR) is 83.3 cm³/mol. The lowest BCUT2D eigenvalue weighted by Crippen LogP contribution is -2.39. The molecular formula is C16H22N2O4. The molecule has 6 nitrogen and oxygen atoms in total. The van der Waals surface area contributed by atoms with Crippen molar-refractivity contribution in [2.45, 2.75) is 26.3 Å². The number of anilines is 1. The van der Waals surface area contributed by atoms with Gasteiger partial charge in [-0.3, -0.25) is 9.59 Å². The summed E-state index contributed by atoms with van der Waals surface area (Å²) in [6, 6.07) is 5.19. The molecule has 0 spiro atoms. The maximum Gasteiger partial charge on any atom is 0.229 e. The second-order valence-corrected chi connectivity index (χ2v) is 5.61. The minimum absolute atomic E-state index is 0.0127. The minimum Gasteiger partial charge on any atom is -0.493 e. The molecule has 22 heavy (non-hydrogen) atoms. The first-order chi connectivity index (χ1) is 10.5. The zero-order valence-corrected chi connectivity index (χ0v) is 13.4.